The van der Waals surface area contributed by atoms with Crippen LogP contribution in [0.2, 0.25) is 0 Å². The summed E-state index contributed by atoms with van der Waals surface area (Å²) in [7, 11) is 0. The van der Waals surface area contributed by atoms with Gasteiger partial charge < -0.3 is 14.9 Å². The van der Waals surface area contributed by atoms with E-state index in [-0.39, 0.29) is 23.6 Å². The van der Waals surface area contributed by atoms with Gasteiger partial charge in [0.1, 0.15) is 0 Å². The molecule has 1 aliphatic rings. The topological polar surface area (TPSA) is 75.4 Å². The van der Waals surface area contributed by atoms with Crippen molar-refractivity contribution < 1.29 is 14.4 Å². The number of aryl methyl sites for hydroxylation is 1. The van der Waals surface area contributed by atoms with Gasteiger partial charge in [0.15, 0.2) is 11.5 Å². The Labute approximate surface area is 123 Å². The molecule has 3 rings (SSSR count). The zero-order valence-corrected chi connectivity index (χ0v) is 11.9. The number of carbonyl (C=O) groups is 1. The van der Waals surface area contributed by atoms with Gasteiger partial charge in [0.05, 0.1) is 6.61 Å². The second-order valence-corrected chi connectivity index (χ2v) is 5.78. The molecule has 1 aliphatic carbocycles. The SMILES string of the molecule is Cc1ccc(-c2cc(C(=O)NCC3(CO)CC3)no2)cc1. The summed E-state index contributed by atoms with van der Waals surface area (Å²) in [6, 6.07) is 9.47. The highest BCUT2D eigenvalue weighted by Gasteiger charge is 2.42. The van der Waals surface area contributed by atoms with Gasteiger partial charge in [-0.2, -0.15) is 0 Å². The average Bonchev–Trinajstić information content (AvgIpc) is 3.12. The average molecular weight is 286 g/mol. The van der Waals surface area contributed by atoms with Crippen molar-refractivity contribution in [2.24, 2.45) is 5.41 Å². The molecule has 0 saturated heterocycles. The Morgan fingerprint density at radius 2 is 2.10 bits per heavy atom. The fraction of sp³-hybridized carbons (Fsp3) is 0.375. The first kappa shape index (κ1) is 13.8. The van der Waals surface area contributed by atoms with Crippen molar-refractivity contribution in [3.8, 4) is 11.3 Å². The van der Waals surface area contributed by atoms with Crippen molar-refractivity contribution in [2.75, 3.05) is 13.2 Å². The molecule has 2 aromatic rings. The minimum atomic E-state index is -0.267. The van der Waals surface area contributed by atoms with Crippen LogP contribution in [0.15, 0.2) is 34.9 Å². The van der Waals surface area contributed by atoms with E-state index >= 15 is 0 Å². The molecule has 1 saturated carbocycles. The zero-order chi connectivity index (χ0) is 14.9. The third kappa shape index (κ3) is 2.97. The summed E-state index contributed by atoms with van der Waals surface area (Å²) >= 11 is 0. The fourth-order valence-electron chi connectivity index (χ4n) is 2.16. The van der Waals surface area contributed by atoms with Crippen molar-refractivity contribution in [3.63, 3.8) is 0 Å². The molecular formula is C16H18N2O3. The molecule has 1 fully saturated rings. The number of rotatable bonds is 5. The Morgan fingerprint density at radius 1 is 1.38 bits per heavy atom. The number of nitrogens with one attached hydrogen (secondary N) is 1. The van der Waals surface area contributed by atoms with Crippen LogP contribution >= 0.6 is 0 Å². The first-order valence-corrected chi connectivity index (χ1v) is 7.05. The first-order valence-electron chi connectivity index (χ1n) is 7.05. The highest BCUT2D eigenvalue weighted by atomic mass is 16.5. The fourth-order valence-corrected chi connectivity index (χ4v) is 2.16. The van der Waals surface area contributed by atoms with Crippen LogP contribution in [0.5, 0.6) is 0 Å². The molecule has 0 atom stereocenters. The number of hydrogen-bond donors (Lipinski definition) is 2. The molecule has 0 bridgehead atoms. The van der Waals surface area contributed by atoms with E-state index in [9.17, 15) is 9.90 Å². The van der Waals surface area contributed by atoms with E-state index in [1.54, 1.807) is 6.07 Å². The predicted octanol–water partition coefficient (Wildman–Crippen LogP) is 2.15. The maximum absolute atomic E-state index is 12.0. The number of nitrogens with zero attached hydrogens (tertiary/aromatic N) is 1. The minimum absolute atomic E-state index is 0.112. The molecule has 1 aromatic heterocycles. The molecule has 5 heteroatoms. The third-order valence-corrected chi connectivity index (χ3v) is 4.00. The summed E-state index contributed by atoms with van der Waals surface area (Å²) in [5.74, 6) is 0.306. The largest absolute Gasteiger partial charge is 0.396 e. The van der Waals surface area contributed by atoms with Crippen molar-refractivity contribution in [1.82, 2.24) is 10.5 Å². The summed E-state index contributed by atoms with van der Waals surface area (Å²) in [6.45, 7) is 2.60. The Balaban J connectivity index is 1.66. The van der Waals surface area contributed by atoms with Crippen LogP contribution in [0.3, 0.4) is 0 Å². The Kier molecular flexibility index (Phi) is 3.51. The molecular weight excluding hydrogens is 268 g/mol. The van der Waals surface area contributed by atoms with Crippen molar-refractivity contribution >= 4 is 5.91 Å². The van der Waals surface area contributed by atoms with Crippen molar-refractivity contribution in [1.29, 1.82) is 0 Å². The maximum atomic E-state index is 12.0. The van der Waals surface area contributed by atoms with Gasteiger partial charge in [0, 0.05) is 23.6 Å². The van der Waals surface area contributed by atoms with Crippen LogP contribution in [0, 0.1) is 12.3 Å². The monoisotopic (exact) mass is 286 g/mol. The lowest BCUT2D eigenvalue weighted by atomic mass is 10.1. The summed E-state index contributed by atoms with van der Waals surface area (Å²) in [6.07, 6.45) is 1.91. The van der Waals surface area contributed by atoms with E-state index in [1.165, 1.54) is 0 Å². The number of benzene rings is 1. The molecule has 0 spiro atoms. The quantitative estimate of drug-likeness (QED) is 0.883. The van der Waals surface area contributed by atoms with E-state index in [4.69, 9.17) is 4.52 Å². The van der Waals surface area contributed by atoms with Crippen LogP contribution < -0.4 is 5.32 Å². The number of aromatic nitrogens is 1. The summed E-state index contributed by atoms with van der Waals surface area (Å²) in [4.78, 5) is 12.0. The Bertz CT molecular complexity index is 642. The number of amides is 1. The molecule has 1 heterocycles. The standard InChI is InChI=1S/C16H18N2O3/c1-11-2-4-12(5-3-11)14-8-13(18-21-14)15(20)17-9-16(10-19)6-7-16/h2-5,8,19H,6-7,9-10H2,1H3,(H,17,20). The molecule has 1 aromatic carbocycles. The summed E-state index contributed by atoms with van der Waals surface area (Å²) in [5.41, 5.74) is 2.20. The number of carbonyl (C=O) groups excluding carboxylic acids is 1. The lowest BCUT2D eigenvalue weighted by Gasteiger charge is -2.11. The summed E-state index contributed by atoms with van der Waals surface area (Å²) < 4.78 is 5.23. The van der Waals surface area contributed by atoms with E-state index in [2.05, 4.69) is 10.5 Å². The van der Waals surface area contributed by atoms with Gasteiger partial charge in [-0.3, -0.25) is 4.79 Å². The maximum Gasteiger partial charge on any atom is 0.273 e. The second kappa shape index (κ2) is 5.33. The van der Waals surface area contributed by atoms with Gasteiger partial charge in [-0.1, -0.05) is 35.0 Å². The normalized spacial score (nSPS) is 15.7. The lowest BCUT2D eigenvalue weighted by molar-refractivity contribution is 0.0926. The highest BCUT2D eigenvalue weighted by molar-refractivity contribution is 5.93. The van der Waals surface area contributed by atoms with Gasteiger partial charge in [-0.25, -0.2) is 0 Å². The van der Waals surface area contributed by atoms with Crippen LogP contribution in [0.1, 0.15) is 28.9 Å². The first-order chi connectivity index (χ1) is 10.1. The van der Waals surface area contributed by atoms with E-state index in [0.29, 0.717) is 12.3 Å². The van der Waals surface area contributed by atoms with Crippen molar-refractivity contribution in [3.05, 3.63) is 41.6 Å². The van der Waals surface area contributed by atoms with Crippen LogP contribution in [-0.4, -0.2) is 29.3 Å². The Hall–Kier alpha value is -2.14. The van der Waals surface area contributed by atoms with Gasteiger partial charge in [0.25, 0.3) is 5.91 Å². The van der Waals surface area contributed by atoms with Gasteiger partial charge in [-0.15, -0.1) is 0 Å². The minimum Gasteiger partial charge on any atom is -0.396 e. The number of hydrogen-bond acceptors (Lipinski definition) is 4. The van der Waals surface area contributed by atoms with E-state index in [1.807, 2.05) is 31.2 Å². The molecule has 5 nitrogen and oxygen atoms in total. The molecule has 21 heavy (non-hydrogen) atoms. The van der Waals surface area contributed by atoms with Crippen LogP contribution in [0.25, 0.3) is 11.3 Å². The van der Waals surface area contributed by atoms with Crippen molar-refractivity contribution in [2.45, 2.75) is 19.8 Å². The Morgan fingerprint density at radius 3 is 2.71 bits per heavy atom. The molecule has 110 valence electrons. The van der Waals surface area contributed by atoms with Crippen LogP contribution in [0.4, 0.5) is 0 Å². The van der Waals surface area contributed by atoms with Gasteiger partial charge in [0.2, 0.25) is 0 Å². The number of aliphatic hydroxyl groups is 1. The number of aliphatic hydroxyl groups excluding tert-OH is 1. The molecule has 0 unspecified atom stereocenters. The molecule has 0 aliphatic heterocycles. The summed E-state index contributed by atoms with van der Waals surface area (Å²) in [5, 5.41) is 15.8. The zero-order valence-electron chi connectivity index (χ0n) is 11.9. The van der Waals surface area contributed by atoms with E-state index in [0.717, 1.165) is 24.0 Å². The third-order valence-electron chi connectivity index (χ3n) is 4.00. The van der Waals surface area contributed by atoms with Gasteiger partial charge >= 0.3 is 0 Å². The second-order valence-electron chi connectivity index (χ2n) is 5.78. The smallest absolute Gasteiger partial charge is 0.273 e. The predicted molar refractivity (Wildman–Crippen MR) is 77.8 cm³/mol. The highest BCUT2D eigenvalue weighted by Crippen LogP contribution is 2.44. The van der Waals surface area contributed by atoms with E-state index < -0.39 is 0 Å². The molecule has 2 N–H and O–H groups in total. The van der Waals surface area contributed by atoms with Gasteiger partial charge in [-0.05, 0) is 19.8 Å². The van der Waals surface area contributed by atoms with Crippen LogP contribution in [-0.2, 0) is 0 Å². The lowest BCUT2D eigenvalue weighted by Crippen LogP contribution is -2.32. The molecule has 1 amide bonds. The molecule has 0 radical (unpaired) electrons.